The number of benzene rings is 1. The van der Waals surface area contributed by atoms with E-state index < -0.39 is 12.0 Å². The lowest BCUT2D eigenvalue weighted by Gasteiger charge is -2.64. The molecule has 3 unspecified atom stereocenters. The number of nitrogens with one attached hydrogen (secondary N) is 1. The van der Waals surface area contributed by atoms with Crippen molar-refractivity contribution < 1.29 is 14.7 Å². The van der Waals surface area contributed by atoms with Gasteiger partial charge in [-0.05, 0) is 60.8 Å². The summed E-state index contributed by atoms with van der Waals surface area (Å²) >= 11 is 0. The molecule has 0 heterocycles. The Morgan fingerprint density at radius 3 is 2.23 bits per heavy atom. The van der Waals surface area contributed by atoms with E-state index in [1.165, 1.54) is 19.3 Å². The molecule has 4 aliphatic carbocycles. The van der Waals surface area contributed by atoms with Crippen LogP contribution in [-0.2, 0) is 16.0 Å². The van der Waals surface area contributed by atoms with Crippen LogP contribution in [0.15, 0.2) is 30.3 Å². The molecule has 0 spiro atoms. The lowest BCUT2D eigenvalue weighted by molar-refractivity contribution is -0.171. The summed E-state index contributed by atoms with van der Waals surface area (Å²) in [5.74, 6) is -0.365. The summed E-state index contributed by atoms with van der Waals surface area (Å²) in [5.41, 5.74) is 1.05. The summed E-state index contributed by atoms with van der Waals surface area (Å²) in [5, 5.41) is 12.6. The minimum absolute atomic E-state index is 0.0256. The molecule has 4 fully saturated rings. The number of carboxylic acid groups (broad SMARTS) is 1. The van der Waals surface area contributed by atoms with Gasteiger partial charge in [0.05, 0.1) is 5.41 Å². The van der Waals surface area contributed by atoms with E-state index in [0.717, 1.165) is 24.8 Å². The van der Waals surface area contributed by atoms with Crippen LogP contribution in [0.4, 0.5) is 0 Å². The van der Waals surface area contributed by atoms with Crippen molar-refractivity contribution in [3.63, 3.8) is 0 Å². The topological polar surface area (TPSA) is 66.4 Å². The van der Waals surface area contributed by atoms with Crippen LogP contribution in [-0.4, -0.2) is 23.0 Å². The second-order valence-corrected chi connectivity index (χ2v) is 9.96. The first kappa shape index (κ1) is 17.6. The molecule has 4 saturated carbocycles. The van der Waals surface area contributed by atoms with Crippen molar-refractivity contribution in [2.45, 2.75) is 64.8 Å². The highest BCUT2D eigenvalue weighted by atomic mass is 16.4. The molecular formula is C22H29NO3. The fraction of sp³-hybridized carbons (Fsp3) is 0.636. The molecule has 140 valence electrons. The van der Waals surface area contributed by atoms with Crippen LogP contribution in [0.25, 0.3) is 0 Å². The van der Waals surface area contributed by atoms with Crippen molar-refractivity contribution in [2.75, 3.05) is 0 Å². The number of rotatable bonds is 5. The van der Waals surface area contributed by atoms with Gasteiger partial charge in [-0.2, -0.15) is 0 Å². The second-order valence-electron chi connectivity index (χ2n) is 9.96. The summed E-state index contributed by atoms with van der Waals surface area (Å²) in [6, 6.07) is 8.67. The van der Waals surface area contributed by atoms with E-state index in [-0.39, 0.29) is 22.2 Å². The average molecular weight is 355 g/mol. The Kier molecular flexibility index (Phi) is 3.94. The standard InChI is InChI=1S/C22H29NO3/c1-20-9-16-10-21(2,12-20)14-22(11-16,13-20)19(26)23-17(18(24)25)8-15-6-4-3-5-7-15/h3-7,16-17H,8-14H2,1-2H3,(H,23,26)(H,24,25). The van der Waals surface area contributed by atoms with Gasteiger partial charge in [-0.3, -0.25) is 4.79 Å². The number of carbonyl (C=O) groups is 2. The van der Waals surface area contributed by atoms with E-state index in [9.17, 15) is 14.7 Å². The molecule has 4 heteroatoms. The molecule has 1 aromatic rings. The average Bonchev–Trinajstić information content (AvgIpc) is 2.51. The highest BCUT2D eigenvalue weighted by Crippen LogP contribution is 2.69. The normalized spacial score (nSPS) is 38.8. The summed E-state index contributed by atoms with van der Waals surface area (Å²) < 4.78 is 0. The van der Waals surface area contributed by atoms with Gasteiger partial charge >= 0.3 is 5.97 Å². The fourth-order valence-corrected chi connectivity index (χ4v) is 7.06. The smallest absolute Gasteiger partial charge is 0.326 e. The Bertz CT molecular complexity index is 710. The van der Waals surface area contributed by atoms with E-state index in [4.69, 9.17) is 0 Å². The first-order chi connectivity index (χ1) is 12.2. The SMILES string of the molecule is CC12CC3CC(C)(C1)CC(C(=O)NC(Cc1ccccc1)C(=O)O)(C3)C2. The zero-order valence-corrected chi connectivity index (χ0v) is 15.8. The van der Waals surface area contributed by atoms with Crippen molar-refractivity contribution in [1.82, 2.24) is 5.32 Å². The number of hydrogen-bond donors (Lipinski definition) is 2. The Hall–Kier alpha value is -1.84. The summed E-state index contributed by atoms with van der Waals surface area (Å²) in [6.07, 6.45) is 6.74. The van der Waals surface area contributed by atoms with Gasteiger partial charge in [-0.15, -0.1) is 0 Å². The molecule has 4 bridgehead atoms. The Morgan fingerprint density at radius 1 is 1.08 bits per heavy atom. The van der Waals surface area contributed by atoms with Gasteiger partial charge in [0.15, 0.2) is 0 Å². The molecule has 3 atom stereocenters. The van der Waals surface area contributed by atoms with Crippen LogP contribution >= 0.6 is 0 Å². The van der Waals surface area contributed by atoms with E-state index >= 15 is 0 Å². The third kappa shape index (κ3) is 3.04. The van der Waals surface area contributed by atoms with E-state index in [1.54, 1.807) is 0 Å². The van der Waals surface area contributed by atoms with Crippen molar-refractivity contribution in [1.29, 1.82) is 0 Å². The summed E-state index contributed by atoms with van der Waals surface area (Å²) in [7, 11) is 0. The van der Waals surface area contributed by atoms with Gasteiger partial charge in [0.2, 0.25) is 5.91 Å². The highest BCUT2D eigenvalue weighted by molar-refractivity contribution is 5.88. The number of hydrogen-bond acceptors (Lipinski definition) is 2. The zero-order valence-electron chi connectivity index (χ0n) is 15.8. The van der Waals surface area contributed by atoms with Crippen LogP contribution in [0.5, 0.6) is 0 Å². The molecule has 0 aromatic heterocycles. The van der Waals surface area contributed by atoms with E-state index in [0.29, 0.717) is 12.3 Å². The molecule has 2 N–H and O–H groups in total. The van der Waals surface area contributed by atoms with Gasteiger partial charge in [0.25, 0.3) is 0 Å². The van der Waals surface area contributed by atoms with Crippen LogP contribution < -0.4 is 5.32 Å². The van der Waals surface area contributed by atoms with Gasteiger partial charge in [0, 0.05) is 6.42 Å². The third-order valence-electron chi connectivity index (χ3n) is 6.99. The van der Waals surface area contributed by atoms with Crippen LogP contribution in [0.3, 0.4) is 0 Å². The van der Waals surface area contributed by atoms with Crippen LogP contribution in [0.1, 0.15) is 57.9 Å². The molecular weight excluding hydrogens is 326 g/mol. The number of carbonyl (C=O) groups excluding carboxylic acids is 1. The maximum absolute atomic E-state index is 13.3. The van der Waals surface area contributed by atoms with Crippen molar-refractivity contribution in [2.24, 2.45) is 22.2 Å². The fourth-order valence-electron chi connectivity index (χ4n) is 7.06. The third-order valence-corrected chi connectivity index (χ3v) is 6.99. The van der Waals surface area contributed by atoms with Gasteiger partial charge < -0.3 is 10.4 Å². The van der Waals surface area contributed by atoms with Crippen LogP contribution in [0.2, 0.25) is 0 Å². The van der Waals surface area contributed by atoms with E-state index in [2.05, 4.69) is 19.2 Å². The lowest BCUT2D eigenvalue weighted by Crippen LogP contribution is -2.61. The lowest BCUT2D eigenvalue weighted by atomic mass is 9.40. The van der Waals surface area contributed by atoms with Crippen molar-refractivity contribution in [3.05, 3.63) is 35.9 Å². The molecule has 26 heavy (non-hydrogen) atoms. The molecule has 4 aliphatic rings. The van der Waals surface area contributed by atoms with Crippen molar-refractivity contribution in [3.8, 4) is 0 Å². The molecule has 0 radical (unpaired) electrons. The van der Waals surface area contributed by atoms with Gasteiger partial charge in [-0.25, -0.2) is 4.79 Å². The molecule has 0 aliphatic heterocycles. The Labute approximate surface area is 155 Å². The predicted molar refractivity (Wildman–Crippen MR) is 99.6 cm³/mol. The Morgan fingerprint density at radius 2 is 1.69 bits per heavy atom. The minimum Gasteiger partial charge on any atom is -0.480 e. The van der Waals surface area contributed by atoms with Crippen LogP contribution in [0, 0.1) is 22.2 Å². The molecule has 1 amide bonds. The molecule has 4 nitrogen and oxygen atoms in total. The molecule has 5 rings (SSSR count). The largest absolute Gasteiger partial charge is 0.480 e. The predicted octanol–water partition coefficient (Wildman–Crippen LogP) is 3.80. The summed E-state index contributed by atoms with van der Waals surface area (Å²) in [4.78, 5) is 25.1. The maximum atomic E-state index is 13.3. The molecule has 1 aromatic carbocycles. The number of amides is 1. The zero-order chi connectivity index (χ0) is 18.6. The van der Waals surface area contributed by atoms with Crippen molar-refractivity contribution >= 4 is 11.9 Å². The summed E-state index contributed by atoms with van der Waals surface area (Å²) in [6.45, 7) is 4.66. The molecule has 0 saturated heterocycles. The monoisotopic (exact) mass is 355 g/mol. The van der Waals surface area contributed by atoms with Gasteiger partial charge in [0.1, 0.15) is 6.04 Å². The highest BCUT2D eigenvalue weighted by Gasteiger charge is 2.62. The maximum Gasteiger partial charge on any atom is 0.326 e. The second kappa shape index (κ2) is 5.83. The number of carboxylic acids is 1. The van der Waals surface area contributed by atoms with Gasteiger partial charge in [-0.1, -0.05) is 44.2 Å². The number of aliphatic carboxylic acids is 1. The quantitative estimate of drug-likeness (QED) is 0.844. The Balaban J connectivity index is 1.54. The van der Waals surface area contributed by atoms with E-state index in [1.807, 2.05) is 30.3 Å². The first-order valence-electron chi connectivity index (χ1n) is 9.79. The minimum atomic E-state index is -0.954. The first-order valence-corrected chi connectivity index (χ1v) is 9.79.